The monoisotopic (exact) mass is 213 g/mol. The fourth-order valence-corrected chi connectivity index (χ4v) is 1.43. The molecule has 1 N–H and O–H groups in total. The largest absolute Gasteiger partial charge is 0.368 e. The zero-order chi connectivity index (χ0) is 10.4. The topological polar surface area (TPSA) is 37.8 Å². The molecule has 0 bridgehead atoms. The van der Waals surface area contributed by atoms with Crippen LogP contribution in [-0.2, 0) is 0 Å². The summed E-state index contributed by atoms with van der Waals surface area (Å²) in [5, 5.41) is 3.81. The van der Waals surface area contributed by atoms with E-state index in [1.807, 2.05) is 0 Å². The predicted octanol–water partition coefficient (Wildman–Crippen LogP) is 2.98. The normalized spacial score (nSPS) is 10.6. The zero-order valence-corrected chi connectivity index (χ0v) is 9.38. The number of anilines is 1. The van der Waals surface area contributed by atoms with Crippen LogP contribution in [0.5, 0.6) is 0 Å². The molecule has 0 unspecified atom stereocenters. The maximum absolute atomic E-state index is 5.91. The Kier molecular flexibility index (Phi) is 4.66. The molecule has 0 radical (unpaired) electrons. The Morgan fingerprint density at radius 1 is 1.43 bits per heavy atom. The highest BCUT2D eigenvalue weighted by Crippen LogP contribution is 2.17. The molecular weight excluding hydrogens is 198 g/mol. The van der Waals surface area contributed by atoms with Crippen LogP contribution in [0.25, 0.3) is 0 Å². The lowest BCUT2D eigenvalue weighted by molar-refractivity contribution is 0.518. The molecule has 0 amide bonds. The third-order valence-electron chi connectivity index (χ3n) is 2.38. The van der Waals surface area contributed by atoms with Crippen LogP contribution in [0.2, 0.25) is 5.02 Å². The van der Waals surface area contributed by atoms with Crippen molar-refractivity contribution in [3.8, 4) is 0 Å². The number of hydrogen-bond acceptors (Lipinski definition) is 3. The molecule has 14 heavy (non-hydrogen) atoms. The summed E-state index contributed by atoms with van der Waals surface area (Å²) in [6.45, 7) is 5.30. The van der Waals surface area contributed by atoms with Crippen molar-refractivity contribution < 1.29 is 0 Å². The number of hydrogen-bond donors (Lipinski definition) is 1. The first-order valence-corrected chi connectivity index (χ1v) is 5.35. The summed E-state index contributed by atoms with van der Waals surface area (Å²) in [5.41, 5.74) is 0. The molecule has 0 saturated heterocycles. The summed E-state index contributed by atoms with van der Waals surface area (Å²) in [6.07, 6.45) is 5.45. The molecule has 0 saturated carbocycles. The predicted molar refractivity (Wildman–Crippen MR) is 59.6 cm³/mol. The summed E-state index contributed by atoms with van der Waals surface area (Å²) in [4.78, 5) is 7.89. The lowest BCUT2D eigenvalue weighted by Gasteiger charge is -2.13. The highest BCUT2D eigenvalue weighted by atomic mass is 35.5. The number of halogens is 1. The van der Waals surface area contributed by atoms with Crippen LogP contribution in [0.3, 0.4) is 0 Å². The first-order chi connectivity index (χ1) is 6.77. The van der Waals surface area contributed by atoms with E-state index in [0.717, 1.165) is 12.4 Å². The number of rotatable bonds is 5. The molecule has 0 fully saturated rings. The third-order valence-corrected chi connectivity index (χ3v) is 2.66. The van der Waals surface area contributed by atoms with Crippen LogP contribution in [0.1, 0.15) is 26.7 Å². The molecule has 3 nitrogen and oxygen atoms in total. The van der Waals surface area contributed by atoms with Crippen molar-refractivity contribution in [2.24, 2.45) is 5.92 Å². The minimum absolute atomic E-state index is 0.582. The van der Waals surface area contributed by atoms with E-state index in [1.54, 1.807) is 6.20 Å². The highest BCUT2D eigenvalue weighted by Gasteiger charge is 2.05. The Morgan fingerprint density at radius 3 is 2.71 bits per heavy atom. The molecule has 0 aromatic carbocycles. The second-order valence-electron chi connectivity index (χ2n) is 3.28. The molecule has 0 aliphatic rings. The van der Waals surface area contributed by atoms with Gasteiger partial charge in [0.05, 0.1) is 6.20 Å². The first-order valence-electron chi connectivity index (χ1n) is 4.97. The molecule has 0 atom stereocenters. The van der Waals surface area contributed by atoms with Gasteiger partial charge in [0.2, 0.25) is 0 Å². The van der Waals surface area contributed by atoms with Gasteiger partial charge in [0.25, 0.3) is 0 Å². The summed E-state index contributed by atoms with van der Waals surface area (Å²) in [6, 6.07) is 0. The van der Waals surface area contributed by atoms with Gasteiger partial charge in [-0.1, -0.05) is 38.3 Å². The van der Waals surface area contributed by atoms with Crippen molar-refractivity contribution in [3.63, 3.8) is 0 Å². The van der Waals surface area contributed by atoms with E-state index >= 15 is 0 Å². The lowest BCUT2D eigenvalue weighted by atomic mass is 10.0. The molecule has 4 heteroatoms. The van der Waals surface area contributed by atoms with Crippen LogP contribution in [-0.4, -0.2) is 16.5 Å². The van der Waals surface area contributed by atoms with Crippen molar-refractivity contribution in [1.29, 1.82) is 0 Å². The van der Waals surface area contributed by atoms with Gasteiger partial charge in [0.1, 0.15) is 17.2 Å². The van der Waals surface area contributed by atoms with Crippen molar-refractivity contribution in [2.45, 2.75) is 26.7 Å². The highest BCUT2D eigenvalue weighted by molar-refractivity contribution is 6.32. The summed E-state index contributed by atoms with van der Waals surface area (Å²) in [7, 11) is 0. The van der Waals surface area contributed by atoms with Gasteiger partial charge < -0.3 is 5.32 Å². The van der Waals surface area contributed by atoms with Crippen molar-refractivity contribution in [1.82, 2.24) is 9.97 Å². The van der Waals surface area contributed by atoms with Crippen LogP contribution >= 0.6 is 11.6 Å². The van der Waals surface area contributed by atoms with Gasteiger partial charge >= 0.3 is 0 Å². The summed E-state index contributed by atoms with van der Waals surface area (Å²) >= 11 is 5.91. The molecular formula is C10H16ClN3. The van der Waals surface area contributed by atoms with Gasteiger partial charge in [-0.2, -0.15) is 0 Å². The lowest BCUT2D eigenvalue weighted by Crippen LogP contribution is -2.13. The second kappa shape index (κ2) is 5.81. The molecule has 1 aromatic rings. The minimum Gasteiger partial charge on any atom is -0.368 e. The van der Waals surface area contributed by atoms with Gasteiger partial charge in [0, 0.05) is 6.54 Å². The average molecular weight is 214 g/mol. The minimum atomic E-state index is 0.582. The van der Waals surface area contributed by atoms with E-state index in [9.17, 15) is 0 Å². The molecule has 1 heterocycles. The molecule has 1 aromatic heterocycles. The standard InChI is InChI=1S/C10H16ClN3/c1-3-8(4-2)5-13-10-9(11)6-12-7-14-10/h6-8H,3-5H2,1-2H3,(H,12,13,14). The Labute approximate surface area is 89.9 Å². The van der Waals surface area contributed by atoms with E-state index in [0.29, 0.717) is 10.9 Å². The number of aromatic nitrogens is 2. The SMILES string of the molecule is CCC(CC)CNc1ncncc1Cl. The maximum Gasteiger partial charge on any atom is 0.148 e. The smallest absolute Gasteiger partial charge is 0.148 e. The zero-order valence-electron chi connectivity index (χ0n) is 8.63. The third kappa shape index (κ3) is 3.14. The van der Waals surface area contributed by atoms with Crippen LogP contribution in [0, 0.1) is 5.92 Å². The molecule has 1 rings (SSSR count). The van der Waals surface area contributed by atoms with Gasteiger partial charge in [0.15, 0.2) is 0 Å². The second-order valence-corrected chi connectivity index (χ2v) is 3.69. The molecule has 0 aliphatic heterocycles. The Hall–Kier alpha value is -0.830. The maximum atomic E-state index is 5.91. The first kappa shape index (κ1) is 11.2. The van der Waals surface area contributed by atoms with E-state index in [2.05, 4.69) is 29.1 Å². The quantitative estimate of drug-likeness (QED) is 0.817. The Balaban J connectivity index is 2.49. The van der Waals surface area contributed by atoms with E-state index in [4.69, 9.17) is 11.6 Å². The van der Waals surface area contributed by atoms with Crippen LogP contribution in [0.4, 0.5) is 5.82 Å². The van der Waals surface area contributed by atoms with Crippen LogP contribution in [0.15, 0.2) is 12.5 Å². The van der Waals surface area contributed by atoms with E-state index in [-0.39, 0.29) is 0 Å². The number of nitrogens with zero attached hydrogens (tertiary/aromatic N) is 2. The fraction of sp³-hybridized carbons (Fsp3) is 0.600. The molecule has 0 spiro atoms. The van der Waals surface area contributed by atoms with Crippen molar-refractivity contribution >= 4 is 17.4 Å². The molecule has 78 valence electrons. The van der Waals surface area contributed by atoms with Gasteiger partial charge in [-0.25, -0.2) is 9.97 Å². The summed E-state index contributed by atoms with van der Waals surface area (Å²) in [5.74, 6) is 1.41. The average Bonchev–Trinajstić information content (AvgIpc) is 2.22. The number of nitrogens with one attached hydrogen (secondary N) is 1. The van der Waals surface area contributed by atoms with Gasteiger partial charge in [-0.05, 0) is 5.92 Å². The molecule has 0 aliphatic carbocycles. The van der Waals surface area contributed by atoms with Crippen molar-refractivity contribution in [2.75, 3.05) is 11.9 Å². The van der Waals surface area contributed by atoms with E-state index < -0.39 is 0 Å². The fourth-order valence-electron chi connectivity index (χ4n) is 1.26. The van der Waals surface area contributed by atoms with Gasteiger partial charge in [-0.15, -0.1) is 0 Å². The Bertz CT molecular complexity index is 274. The van der Waals surface area contributed by atoms with Crippen molar-refractivity contribution in [3.05, 3.63) is 17.5 Å². The Morgan fingerprint density at radius 2 is 2.14 bits per heavy atom. The summed E-state index contributed by atoms with van der Waals surface area (Å²) < 4.78 is 0. The van der Waals surface area contributed by atoms with E-state index in [1.165, 1.54) is 19.2 Å². The van der Waals surface area contributed by atoms with Crippen LogP contribution < -0.4 is 5.32 Å². The van der Waals surface area contributed by atoms with Gasteiger partial charge in [-0.3, -0.25) is 0 Å².